The van der Waals surface area contributed by atoms with Gasteiger partial charge in [-0.3, -0.25) is 0 Å². The van der Waals surface area contributed by atoms with Crippen LogP contribution in [0.25, 0.3) is 0 Å². The zero-order chi connectivity index (χ0) is 13.2. The molecule has 0 spiro atoms. The van der Waals surface area contributed by atoms with Crippen LogP contribution in [-0.4, -0.2) is 0 Å². The molecule has 0 fully saturated rings. The molecule has 0 heterocycles. The molecule has 2 aromatic carbocycles. The maximum atomic E-state index is 13.0. The van der Waals surface area contributed by atoms with Crippen molar-refractivity contribution in [3.63, 3.8) is 0 Å². The van der Waals surface area contributed by atoms with Crippen molar-refractivity contribution in [2.45, 2.75) is 32.8 Å². The Morgan fingerprint density at radius 3 is 2.74 bits per heavy atom. The first-order valence-corrected chi connectivity index (χ1v) is 6.72. The predicted octanol–water partition coefficient (Wildman–Crippen LogP) is 4.20. The summed E-state index contributed by atoms with van der Waals surface area (Å²) in [6, 6.07) is 11.2. The molecule has 1 aliphatic carbocycles. The Bertz CT molecular complexity index is 604. The lowest BCUT2D eigenvalue weighted by molar-refractivity contribution is 0.303. The first-order chi connectivity index (χ1) is 9.22. The Hall–Kier alpha value is -1.83. The van der Waals surface area contributed by atoms with E-state index in [4.69, 9.17) is 4.74 Å². The maximum Gasteiger partial charge on any atom is 0.123 e. The van der Waals surface area contributed by atoms with E-state index in [-0.39, 0.29) is 5.82 Å². The van der Waals surface area contributed by atoms with Gasteiger partial charge in [0.05, 0.1) is 0 Å². The summed E-state index contributed by atoms with van der Waals surface area (Å²) in [5.41, 5.74) is 4.95. The molecule has 0 radical (unpaired) electrons. The highest BCUT2D eigenvalue weighted by atomic mass is 19.1. The lowest BCUT2D eigenvalue weighted by Gasteiger charge is -2.10. The second-order valence-corrected chi connectivity index (χ2v) is 5.16. The SMILES string of the molecule is Cc1cc(F)ccc1OCc1ccc2c(c1)CCC2. The zero-order valence-electron chi connectivity index (χ0n) is 11.1. The first-order valence-electron chi connectivity index (χ1n) is 6.72. The Morgan fingerprint density at radius 2 is 1.89 bits per heavy atom. The van der Waals surface area contributed by atoms with Crippen molar-refractivity contribution in [3.8, 4) is 5.75 Å². The molecule has 0 amide bonds. The van der Waals surface area contributed by atoms with Gasteiger partial charge < -0.3 is 4.74 Å². The fraction of sp³-hybridized carbons (Fsp3) is 0.294. The second-order valence-electron chi connectivity index (χ2n) is 5.16. The largest absolute Gasteiger partial charge is 0.489 e. The van der Waals surface area contributed by atoms with Gasteiger partial charge in [-0.15, -0.1) is 0 Å². The number of rotatable bonds is 3. The minimum atomic E-state index is -0.220. The molecule has 0 aliphatic heterocycles. The molecule has 0 atom stereocenters. The molecule has 2 heteroatoms. The van der Waals surface area contributed by atoms with Crippen molar-refractivity contribution in [1.82, 2.24) is 0 Å². The summed E-state index contributed by atoms with van der Waals surface area (Å²) in [6.45, 7) is 2.40. The minimum absolute atomic E-state index is 0.220. The van der Waals surface area contributed by atoms with E-state index in [1.54, 1.807) is 6.07 Å². The van der Waals surface area contributed by atoms with Gasteiger partial charge in [-0.05, 0) is 66.6 Å². The number of fused-ring (bicyclic) bond motifs is 1. The van der Waals surface area contributed by atoms with Crippen molar-refractivity contribution in [2.75, 3.05) is 0 Å². The third-order valence-electron chi connectivity index (χ3n) is 3.69. The van der Waals surface area contributed by atoms with E-state index < -0.39 is 0 Å². The number of aryl methyl sites for hydroxylation is 3. The highest BCUT2D eigenvalue weighted by molar-refractivity contribution is 5.36. The molecule has 0 saturated heterocycles. The van der Waals surface area contributed by atoms with Gasteiger partial charge in [0.1, 0.15) is 18.2 Å². The molecule has 0 bridgehead atoms. The van der Waals surface area contributed by atoms with Crippen LogP contribution in [0.1, 0.15) is 28.7 Å². The van der Waals surface area contributed by atoms with E-state index >= 15 is 0 Å². The van der Waals surface area contributed by atoms with E-state index in [0.29, 0.717) is 6.61 Å². The van der Waals surface area contributed by atoms with E-state index in [2.05, 4.69) is 18.2 Å². The maximum absolute atomic E-state index is 13.0. The number of halogens is 1. The van der Waals surface area contributed by atoms with Crippen LogP contribution in [0.2, 0.25) is 0 Å². The first kappa shape index (κ1) is 12.2. The molecule has 1 nitrogen and oxygen atoms in total. The van der Waals surface area contributed by atoms with Crippen molar-refractivity contribution in [3.05, 3.63) is 64.5 Å². The van der Waals surface area contributed by atoms with Crippen LogP contribution in [0, 0.1) is 12.7 Å². The molecule has 3 rings (SSSR count). The smallest absolute Gasteiger partial charge is 0.123 e. The quantitative estimate of drug-likeness (QED) is 0.799. The number of benzene rings is 2. The fourth-order valence-corrected chi connectivity index (χ4v) is 2.65. The second kappa shape index (κ2) is 5.04. The molecule has 0 saturated carbocycles. The summed E-state index contributed by atoms with van der Waals surface area (Å²) in [6.07, 6.45) is 3.64. The highest BCUT2D eigenvalue weighted by Crippen LogP contribution is 2.24. The fourth-order valence-electron chi connectivity index (χ4n) is 2.65. The molecule has 98 valence electrons. The lowest BCUT2D eigenvalue weighted by atomic mass is 10.1. The van der Waals surface area contributed by atoms with Crippen LogP contribution in [0.3, 0.4) is 0 Å². The monoisotopic (exact) mass is 256 g/mol. The van der Waals surface area contributed by atoms with Crippen molar-refractivity contribution in [2.24, 2.45) is 0 Å². The van der Waals surface area contributed by atoms with Gasteiger partial charge >= 0.3 is 0 Å². The van der Waals surface area contributed by atoms with Crippen LogP contribution >= 0.6 is 0 Å². The normalized spacial score (nSPS) is 13.4. The zero-order valence-corrected chi connectivity index (χ0v) is 11.1. The van der Waals surface area contributed by atoms with Crippen molar-refractivity contribution < 1.29 is 9.13 Å². The van der Waals surface area contributed by atoms with Gasteiger partial charge in [0.2, 0.25) is 0 Å². The number of hydrogen-bond acceptors (Lipinski definition) is 1. The molecule has 0 N–H and O–H groups in total. The van der Waals surface area contributed by atoms with Gasteiger partial charge in [0, 0.05) is 0 Å². The summed E-state index contributed by atoms with van der Waals surface area (Å²) in [5.74, 6) is 0.532. The van der Waals surface area contributed by atoms with Gasteiger partial charge in [-0.2, -0.15) is 0 Å². The average molecular weight is 256 g/mol. The molecule has 0 aromatic heterocycles. The van der Waals surface area contributed by atoms with Crippen LogP contribution in [0.15, 0.2) is 36.4 Å². The third kappa shape index (κ3) is 2.62. The van der Waals surface area contributed by atoms with Crippen LogP contribution in [-0.2, 0) is 19.4 Å². The molecule has 1 aliphatic rings. The van der Waals surface area contributed by atoms with Gasteiger partial charge in [0.25, 0.3) is 0 Å². The van der Waals surface area contributed by atoms with Gasteiger partial charge in [0.15, 0.2) is 0 Å². The molecular formula is C17H17FO. The van der Waals surface area contributed by atoms with Gasteiger partial charge in [-0.1, -0.05) is 18.2 Å². The Balaban J connectivity index is 1.72. The Morgan fingerprint density at radius 1 is 1.05 bits per heavy atom. The van der Waals surface area contributed by atoms with E-state index in [1.807, 2.05) is 6.92 Å². The van der Waals surface area contributed by atoms with Crippen molar-refractivity contribution in [1.29, 1.82) is 0 Å². The van der Waals surface area contributed by atoms with Crippen LogP contribution in [0.5, 0.6) is 5.75 Å². The third-order valence-corrected chi connectivity index (χ3v) is 3.69. The molecule has 19 heavy (non-hydrogen) atoms. The lowest BCUT2D eigenvalue weighted by Crippen LogP contribution is -1.98. The number of ether oxygens (including phenoxy) is 1. The highest BCUT2D eigenvalue weighted by Gasteiger charge is 2.11. The van der Waals surface area contributed by atoms with Crippen LogP contribution in [0.4, 0.5) is 4.39 Å². The Kier molecular flexibility index (Phi) is 3.24. The summed E-state index contributed by atoms with van der Waals surface area (Å²) in [7, 11) is 0. The van der Waals surface area contributed by atoms with Crippen LogP contribution < -0.4 is 4.74 Å². The summed E-state index contributed by atoms with van der Waals surface area (Å²) >= 11 is 0. The molecular weight excluding hydrogens is 239 g/mol. The summed E-state index contributed by atoms with van der Waals surface area (Å²) in [4.78, 5) is 0. The molecule has 2 aromatic rings. The average Bonchev–Trinajstić information content (AvgIpc) is 2.85. The van der Waals surface area contributed by atoms with E-state index in [1.165, 1.54) is 48.1 Å². The standard InChI is InChI=1S/C17H17FO/c1-12-9-16(18)7-8-17(12)19-11-13-5-6-14-3-2-4-15(14)10-13/h5-10H,2-4,11H2,1H3. The minimum Gasteiger partial charge on any atom is -0.489 e. The topological polar surface area (TPSA) is 9.23 Å². The summed E-state index contributed by atoms with van der Waals surface area (Å²) in [5, 5.41) is 0. The molecule has 0 unspecified atom stereocenters. The number of hydrogen-bond donors (Lipinski definition) is 0. The Labute approximate surface area is 113 Å². The van der Waals surface area contributed by atoms with Crippen molar-refractivity contribution >= 4 is 0 Å². The van der Waals surface area contributed by atoms with E-state index in [0.717, 1.165) is 11.3 Å². The van der Waals surface area contributed by atoms with E-state index in [9.17, 15) is 4.39 Å². The predicted molar refractivity (Wildman–Crippen MR) is 73.9 cm³/mol. The summed E-state index contributed by atoms with van der Waals surface area (Å²) < 4.78 is 18.8. The van der Waals surface area contributed by atoms with Gasteiger partial charge in [-0.25, -0.2) is 4.39 Å².